The fraction of sp³-hybridized carbons (Fsp3) is 0.258. The van der Waals surface area contributed by atoms with Gasteiger partial charge >= 0.3 is 6.09 Å². The van der Waals surface area contributed by atoms with Crippen LogP contribution in [0.15, 0.2) is 60.8 Å². The molecule has 4 aromatic rings. The summed E-state index contributed by atoms with van der Waals surface area (Å²) in [5.74, 6) is -0.0887. The van der Waals surface area contributed by atoms with Crippen molar-refractivity contribution in [3.63, 3.8) is 0 Å². The van der Waals surface area contributed by atoms with E-state index in [1.54, 1.807) is 18.3 Å². The van der Waals surface area contributed by atoms with Gasteiger partial charge in [0.25, 0.3) is 0 Å². The predicted molar refractivity (Wildman–Crippen MR) is 159 cm³/mol. The van der Waals surface area contributed by atoms with Crippen LogP contribution in [0.1, 0.15) is 49.5 Å². The minimum atomic E-state index is -0.568. The van der Waals surface area contributed by atoms with Crippen LogP contribution in [0.5, 0.6) is 5.75 Å². The maximum Gasteiger partial charge on any atom is 0.407 e. The van der Waals surface area contributed by atoms with E-state index in [1.165, 1.54) is 0 Å². The molecule has 7 nitrogen and oxygen atoms in total. The number of carbonyl (C=O) groups excluding carboxylic acids is 2. The van der Waals surface area contributed by atoms with Crippen molar-refractivity contribution >= 4 is 57.4 Å². The van der Waals surface area contributed by atoms with Crippen LogP contribution in [0.2, 0.25) is 10.0 Å². The first kappa shape index (κ1) is 27.7. The SMILES string of the molecule is CC(C)(C)OC(=O)NCc1ccc(Nc2c(C(=O)C3CC3)cnc3ccc(-c4cc(Cl)c(O)c(Cl)c4)cc23)cc1. The highest BCUT2D eigenvalue weighted by Gasteiger charge is 2.32. The molecule has 1 heterocycles. The smallest absolute Gasteiger partial charge is 0.407 e. The van der Waals surface area contributed by atoms with E-state index in [1.807, 2.05) is 63.2 Å². The maximum atomic E-state index is 13.3. The third kappa shape index (κ3) is 6.32. The Kier molecular flexibility index (Phi) is 7.62. The number of benzene rings is 3. The summed E-state index contributed by atoms with van der Waals surface area (Å²) in [4.78, 5) is 29.8. The minimum Gasteiger partial charge on any atom is -0.505 e. The van der Waals surface area contributed by atoms with Crippen LogP contribution in [0.4, 0.5) is 16.2 Å². The summed E-state index contributed by atoms with van der Waals surface area (Å²) in [5.41, 5.74) is 4.55. The number of Topliss-reactive ketones (excluding diaryl/α,β-unsaturated/α-hetero) is 1. The lowest BCUT2D eigenvalue weighted by Gasteiger charge is -2.19. The van der Waals surface area contributed by atoms with Crippen LogP contribution in [0.3, 0.4) is 0 Å². The number of aromatic nitrogens is 1. The Balaban J connectivity index is 1.47. The van der Waals surface area contributed by atoms with Crippen LogP contribution in [-0.2, 0) is 11.3 Å². The van der Waals surface area contributed by atoms with Crippen molar-refractivity contribution in [1.82, 2.24) is 10.3 Å². The summed E-state index contributed by atoms with van der Waals surface area (Å²) in [6.45, 7) is 5.77. The van der Waals surface area contributed by atoms with Crippen molar-refractivity contribution in [3.8, 4) is 16.9 Å². The summed E-state index contributed by atoms with van der Waals surface area (Å²) in [7, 11) is 0. The van der Waals surface area contributed by atoms with Gasteiger partial charge in [0.15, 0.2) is 11.5 Å². The zero-order valence-electron chi connectivity index (χ0n) is 22.3. The number of amides is 1. The molecular formula is C31H29Cl2N3O4. The molecule has 0 unspecified atom stereocenters. The largest absolute Gasteiger partial charge is 0.505 e. The second-order valence-electron chi connectivity index (χ2n) is 10.9. The molecule has 1 aliphatic rings. The summed E-state index contributed by atoms with van der Waals surface area (Å²) in [6.07, 6.45) is 2.91. The molecular weight excluding hydrogens is 549 g/mol. The van der Waals surface area contributed by atoms with Crippen LogP contribution in [0.25, 0.3) is 22.0 Å². The highest BCUT2D eigenvalue weighted by atomic mass is 35.5. The number of anilines is 2. The number of phenolic OH excluding ortho intramolecular Hbond substituents is 1. The molecule has 0 atom stereocenters. The summed E-state index contributed by atoms with van der Waals surface area (Å²) >= 11 is 12.4. The van der Waals surface area contributed by atoms with E-state index < -0.39 is 11.7 Å². The van der Waals surface area contributed by atoms with Gasteiger partial charge in [-0.05, 0) is 86.7 Å². The number of carbonyl (C=O) groups is 2. The molecule has 1 fully saturated rings. The molecule has 0 aliphatic heterocycles. The number of nitrogens with zero attached hydrogens (tertiary/aromatic N) is 1. The summed E-state index contributed by atoms with van der Waals surface area (Å²) in [5, 5.41) is 17.3. The van der Waals surface area contributed by atoms with Crippen molar-refractivity contribution in [2.24, 2.45) is 5.92 Å². The molecule has 0 spiro atoms. The predicted octanol–water partition coefficient (Wildman–Crippen LogP) is 8.28. The molecule has 1 aliphatic carbocycles. The number of pyridine rings is 1. The molecule has 0 bridgehead atoms. The van der Waals surface area contributed by atoms with Gasteiger partial charge in [-0.25, -0.2) is 4.79 Å². The van der Waals surface area contributed by atoms with E-state index in [2.05, 4.69) is 15.6 Å². The normalized spacial score (nSPS) is 13.2. The zero-order chi connectivity index (χ0) is 28.6. The van der Waals surface area contributed by atoms with Crippen LogP contribution < -0.4 is 10.6 Å². The van der Waals surface area contributed by atoms with E-state index in [-0.39, 0.29) is 27.5 Å². The molecule has 0 radical (unpaired) electrons. The number of phenols is 1. The molecule has 1 saturated carbocycles. The lowest BCUT2D eigenvalue weighted by atomic mass is 9.98. The Bertz CT molecular complexity index is 1590. The van der Waals surface area contributed by atoms with Gasteiger partial charge in [0.05, 0.1) is 26.8 Å². The van der Waals surface area contributed by atoms with E-state index in [0.717, 1.165) is 40.6 Å². The topological polar surface area (TPSA) is 101 Å². The second-order valence-corrected chi connectivity index (χ2v) is 11.7. The van der Waals surface area contributed by atoms with E-state index in [0.29, 0.717) is 23.3 Å². The fourth-order valence-electron chi connectivity index (χ4n) is 4.33. The number of ether oxygens (including phenoxy) is 1. The summed E-state index contributed by atoms with van der Waals surface area (Å²) in [6, 6.07) is 16.6. The first-order chi connectivity index (χ1) is 19.0. The maximum absolute atomic E-state index is 13.3. The third-order valence-corrected chi connectivity index (χ3v) is 7.07. The molecule has 1 aromatic heterocycles. The number of hydrogen-bond acceptors (Lipinski definition) is 6. The van der Waals surface area contributed by atoms with Crippen LogP contribution in [-0.4, -0.2) is 27.6 Å². The number of nitrogens with one attached hydrogen (secondary N) is 2. The number of alkyl carbamates (subject to hydrolysis) is 1. The van der Waals surface area contributed by atoms with Crippen molar-refractivity contribution in [3.05, 3.63) is 82.0 Å². The van der Waals surface area contributed by atoms with Gasteiger partial charge in [-0.2, -0.15) is 0 Å². The van der Waals surface area contributed by atoms with Gasteiger partial charge in [0.2, 0.25) is 0 Å². The molecule has 9 heteroatoms. The summed E-state index contributed by atoms with van der Waals surface area (Å²) < 4.78 is 5.30. The molecule has 3 N–H and O–H groups in total. The van der Waals surface area contributed by atoms with Crippen molar-refractivity contribution < 1.29 is 19.4 Å². The Morgan fingerprint density at radius 1 is 1.00 bits per heavy atom. The van der Waals surface area contributed by atoms with Crippen LogP contribution >= 0.6 is 23.2 Å². The number of aromatic hydroxyl groups is 1. The molecule has 5 rings (SSSR count). The monoisotopic (exact) mass is 577 g/mol. The Morgan fingerprint density at radius 3 is 2.30 bits per heavy atom. The molecule has 40 heavy (non-hydrogen) atoms. The van der Waals surface area contributed by atoms with Gasteiger partial charge in [0, 0.05) is 29.7 Å². The number of halogens is 2. The second kappa shape index (κ2) is 11.0. The van der Waals surface area contributed by atoms with Gasteiger partial charge in [-0.3, -0.25) is 9.78 Å². The quantitative estimate of drug-likeness (QED) is 0.191. The van der Waals surface area contributed by atoms with Gasteiger partial charge in [0.1, 0.15) is 5.60 Å². The molecule has 1 amide bonds. The molecule has 3 aromatic carbocycles. The van der Waals surface area contributed by atoms with Gasteiger partial charge in [-0.15, -0.1) is 0 Å². The first-order valence-electron chi connectivity index (χ1n) is 13.0. The highest BCUT2D eigenvalue weighted by Crippen LogP contribution is 2.40. The Labute approximate surface area is 242 Å². The van der Waals surface area contributed by atoms with Gasteiger partial charge in [-0.1, -0.05) is 41.4 Å². The highest BCUT2D eigenvalue weighted by molar-refractivity contribution is 6.37. The average molecular weight is 578 g/mol. The Hall–Kier alpha value is -3.81. The van der Waals surface area contributed by atoms with E-state index in [9.17, 15) is 14.7 Å². The van der Waals surface area contributed by atoms with E-state index in [4.69, 9.17) is 27.9 Å². The lowest BCUT2D eigenvalue weighted by molar-refractivity contribution is 0.0523. The number of fused-ring (bicyclic) bond motifs is 1. The lowest BCUT2D eigenvalue weighted by Crippen LogP contribution is -2.32. The molecule has 0 saturated heterocycles. The standard InChI is InChI=1S/C31H29Cl2N3O4/c1-31(2,3)40-30(39)35-15-17-4-9-21(10-5-17)36-27-22-12-19(20-13-24(32)29(38)25(33)14-20)8-11-26(22)34-16-23(27)28(37)18-6-7-18/h4-5,8-14,16,18,38H,6-7,15H2,1-3H3,(H,34,36)(H,35,39). The third-order valence-electron chi connectivity index (χ3n) is 6.49. The number of hydrogen-bond donors (Lipinski definition) is 3. The zero-order valence-corrected chi connectivity index (χ0v) is 23.9. The van der Waals surface area contributed by atoms with Gasteiger partial charge < -0.3 is 20.5 Å². The van der Waals surface area contributed by atoms with Crippen molar-refractivity contribution in [1.29, 1.82) is 0 Å². The molecule has 206 valence electrons. The fourth-order valence-corrected chi connectivity index (χ4v) is 4.82. The number of ketones is 1. The van der Waals surface area contributed by atoms with E-state index >= 15 is 0 Å². The van der Waals surface area contributed by atoms with Crippen molar-refractivity contribution in [2.75, 3.05) is 5.32 Å². The first-order valence-corrected chi connectivity index (χ1v) is 13.7. The average Bonchev–Trinajstić information content (AvgIpc) is 3.75. The van der Waals surface area contributed by atoms with Crippen molar-refractivity contribution in [2.45, 2.75) is 45.8 Å². The van der Waals surface area contributed by atoms with Crippen LogP contribution in [0, 0.1) is 5.92 Å². The minimum absolute atomic E-state index is 0.0130. The number of rotatable bonds is 7. The Morgan fingerprint density at radius 2 is 1.68 bits per heavy atom.